The highest BCUT2D eigenvalue weighted by atomic mass is 15.2. The number of aromatic nitrogens is 1. The van der Waals surface area contributed by atoms with Crippen LogP contribution in [0.25, 0.3) is 0 Å². The second kappa shape index (κ2) is 6.19. The molecule has 1 saturated carbocycles. The maximum Gasteiger partial charge on any atom is 0.129 e. The minimum Gasteiger partial charge on any atom is -0.349 e. The zero-order valence-electron chi connectivity index (χ0n) is 13.2. The van der Waals surface area contributed by atoms with Crippen LogP contribution in [0.1, 0.15) is 49.3 Å². The molecule has 1 aromatic carbocycles. The highest BCUT2D eigenvalue weighted by Crippen LogP contribution is 2.32. The fourth-order valence-corrected chi connectivity index (χ4v) is 2.61. The molecule has 1 aliphatic rings. The Balaban J connectivity index is 1.78. The van der Waals surface area contributed by atoms with Crippen LogP contribution in [0.2, 0.25) is 0 Å². The molecule has 22 heavy (non-hydrogen) atoms. The maximum absolute atomic E-state index is 8.89. The highest BCUT2D eigenvalue weighted by molar-refractivity contribution is 5.45. The number of anilines is 1. The number of benzene rings is 1. The first-order chi connectivity index (χ1) is 10.7. The van der Waals surface area contributed by atoms with Crippen LogP contribution < -0.4 is 4.90 Å². The van der Waals surface area contributed by atoms with Crippen LogP contribution in [-0.4, -0.2) is 11.0 Å². The molecule has 3 nitrogen and oxygen atoms in total. The second-order valence-corrected chi connectivity index (χ2v) is 6.27. The van der Waals surface area contributed by atoms with Crippen molar-refractivity contribution in [2.75, 3.05) is 4.90 Å². The molecule has 0 aliphatic heterocycles. The Morgan fingerprint density at radius 2 is 1.91 bits per heavy atom. The highest BCUT2D eigenvalue weighted by Gasteiger charge is 2.30. The molecule has 112 valence electrons. The van der Waals surface area contributed by atoms with E-state index in [9.17, 15) is 0 Å². The van der Waals surface area contributed by atoms with E-state index < -0.39 is 0 Å². The Labute approximate surface area is 132 Å². The molecule has 1 aromatic heterocycles. The maximum atomic E-state index is 8.89. The van der Waals surface area contributed by atoms with E-state index in [2.05, 4.69) is 54.1 Å². The van der Waals surface area contributed by atoms with Gasteiger partial charge < -0.3 is 4.90 Å². The van der Waals surface area contributed by atoms with Crippen molar-refractivity contribution in [1.29, 1.82) is 5.26 Å². The van der Waals surface area contributed by atoms with Crippen LogP contribution in [0.15, 0.2) is 42.6 Å². The number of hydrogen-bond donors (Lipinski definition) is 0. The lowest BCUT2D eigenvalue weighted by Gasteiger charge is -2.24. The molecule has 0 atom stereocenters. The van der Waals surface area contributed by atoms with E-state index in [4.69, 9.17) is 5.26 Å². The Morgan fingerprint density at radius 1 is 1.18 bits per heavy atom. The van der Waals surface area contributed by atoms with Crippen LogP contribution in [-0.2, 0) is 6.54 Å². The summed E-state index contributed by atoms with van der Waals surface area (Å²) in [6, 6.07) is 15.4. The zero-order chi connectivity index (χ0) is 15.5. The first-order valence-corrected chi connectivity index (χ1v) is 7.89. The van der Waals surface area contributed by atoms with Crippen molar-refractivity contribution < 1.29 is 0 Å². The van der Waals surface area contributed by atoms with E-state index in [0.29, 0.717) is 17.5 Å². The van der Waals surface area contributed by atoms with Gasteiger partial charge in [-0.1, -0.05) is 38.1 Å². The van der Waals surface area contributed by atoms with Crippen LogP contribution >= 0.6 is 0 Å². The van der Waals surface area contributed by atoms with Crippen molar-refractivity contribution in [2.45, 2.75) is 45.2 Å². The van der Waals surface area contributed by atoms with Crippen molar-refractivity contribution in [2.24, 2.45) is 0 Å². The van der Waals surface area contributed by atoms with E-state index >= 15 is 0 Å². The summed E-state index contributed by atoms with van der Waals surface area (Å²) in [4.78, 5) is 6.81. The molecule has 1 heterocycles. The first-order valence-electron chi connectivity index (χ1n) is 7.89. The average Bonchev–Trinajstić information content (AvgIpc) is 3.38. The summed E-state index contributed by atoms with van der Waals surface area (Å²) < 4.78 is 0. The fraction of sp³-hybridized carbons (Fsp3) is 0.368. The zero-order valence-corrected chi connectivity index (χ0v) is 13.2. The summed E-state index contributed by atoms with van der Waals surface area (Å²) in [5, 5.41) is 8.89. The number of nitrogens with zero attached hydrogens (tertiary/aromatic N) is 3. The van der Waals surface area contributed by atoms with Gasteiger partial charge >= 0.3 is 0 Å². The molecule has 0 radical (unpaired) electrons. The largest absolute Gasteiger partial charge is 0.349 e. The van der Waals surface area contributed by atoms with Crippen LogP contribution in [0, 0.1) is 11.3 Å². The normalized spacial score (nSPS) is 13.9. The summed E-state index contributed by atoms with van der Waals surface area (Å²) >= 11 is 0. The third-order valence-corrected chi connectivity index (χ3v) is 4.16. The molecule has 1 aliphatic carbocycles. The molecule has 1 fully saturated rings. The fourth-order valence-electron chi connectivity index (χ4n) is 2.61. The SMILES string of the molecule is CC(C)c1ccc(CN(c2ccc(C#N)cn2)C2CC2)cc1. The molecular weight excluding hydrogens is 270 g/mol. The lowest BCUT2D eigenvalue weighted by molar-refractivity contribution is 0.776. The predicted octanol–water partition coefficient (Wildman–Crippen LogP) is 4.25. The van der Waals surface area contributed by atoms with Gasteiger partial charge in [0.05, 0.1) is 5.56 Å². The summed E-state index contributed by atoms with van der Waals surface area (Å²) in [5.41, 5.74) is 3.29. The number of hydrogen-bond acceptors (Lipinski definition) is 3. The van der Waals surface area contributed by atoms with Gasteiger partial charge in [0.1, 0.15) is 11.9 Å². The van der Waals surface area contributed by atoms with Crippen LogP contribution in [0.4, 0.5) is 5.82 Å². The summed E-state index contributed by atoms with van der Waals surface area (Å²) in [5.74, 6) is 1.53. The molecule has 3 heteroatoms. The van der Waals surface area contributed by atoms with E-state index in [1.54, 1.807) is 6.20 Å². The second-order valence-electron chi connectivity index (χ2n) is 6.27. The third-order valence-electron chi connectivity index (χ3n) is 4.16. The molecule has 0 N–H and O–H groups in total. The lowest BCUT2D eigenvalue weighted by atomic mass is 10.0. The molecule has 0 saturated heterocycles. The van der Waals surface area contributed by atoms with Gasteiger partial charge in [0.2, 0.25) is 0 Å². The molecule has 0 spiro atoms. The Hall–Kier alpha value is -2.34. The van der Waals surface area contributed by atoms with Gasteiger partial charge in [-0.15, -0.1) is 0 Å². The quantitative estimate of drug-likeness (QED) is 0.827. The van der Waals surface area contributed by atoms with E-state index in [1.807, 2.05) is 12.1 Å². The predicted molar refractivity (Wildman–Crippen MR) is 88.7 cm³/mol. The molecule has 2 aromatic rings. The monoisotopic (exact) mass is 291 g/mol. The van der Waals surface area contributed by atoms with E-state index in [1.165, 1.54) is 24.0 Å². The topological polar surface area (TPSA) is 39.9 Å². The molecule has 0 bridgehead atoms. The summed E-state index contributed by atoms with van der Waals surface area (Å²) in [6.07, 6.45) is 4.12. The average molecular weight is 291 g/mol. The van der Waals surface area contributed by atoms with Crippen molar-refractivity contribution in [3.8, 4) is 6.07 Å². The van der Waals surface area contributed by atoms with Crippen molar-refractivity contribution in [3.05, 3.63) is 59.3 Å². The molecule has 3 rings (SSSR count). The number of rotatable bonds is 5. The number of pyridine rings is 1. The van der Waals surface area contributed by atoms with Crippen molar-refractivity contribution in [3.63, 3.8) is 0 Å². The van der Waals surface area contributed by atoms with Gasteiger partial charge in [-0.05, 0) is 42.0 Å². The molecule has 0 amide bonds. The number of nitriles is 1. The Bertz CT molecular complexity index is 661. The van der Waals surface area contributed by atoms with Gasteiger partial charge in [-0.3, -0.25) is 0 Å². The van der Waals surface area contributed by atoms with Crippen molar-refractivity contribution >= 4 is 5.82 Å². The van der Waals surface area contributed by atoms with Crippen LogP contribution in [0.5, 0.6) is 0 Å². The third kappa shape index (κ3) is 3.28. The first kappa shape index (κ1) is 14.6. The van der Waals surface area contributed by atoms with E-state index in [0.717, 1.165) is 12.4 Å². The minimum absolute atomic E-state index is 0.564. The Kier molecular flexibility index (Phi) is 4.11. The van der Waals surface area contributed by atoms with E-state index in [-0.39, 0.29) is 0 Å². The summed E-state index contributed by atoms with van der Waals surface area (Å²) in [6.45, 7) is 5.31. The Morgan fingerprint density at radius 3 is 2.41 bits per heavy atom. The van der Waals surface area contributed by atoms with Gasteiger partial charge in [0.25, 0.3) is 0 Å². The minimum atomic E-state index is 0.564. The summed E-state index contributed by atoms with van der Waals surface area (Å²) in [7, 11) is 0. The molecular formula is C19H21N3. The van der Waals surface area contributed by atoms with Crippen LogP contribution in [0.3, 0.4) is 0 Å². The standard InChI is InChI=1S/C19H21N3/c1-14(2)17-6-3-15(4-7-17)13-22(18-8-9-18)19-10-5-16(11-20)12-21-19/h3-7,10,12,14,18H,8-9,13H2,1-2H3. The van der Waals surface area contributed by atoms with Gasteiger partial charge in [0, 0.05) is 18.8 Å². The molecule has 0 unspecified atom stereocenters. The lowest BCUT2D eigenvalue weighted by Crippen LogP contribution is -2.25. The van der Waals surface area contributed by atoms with Crippen molar-refractivity contribution in [1.82, 2.24) is 4.98 Å². The smallest absolute Gasteiger partial charge is 0.129 e. The van der Waals surface area contributed by atoms with Gasteiger partial charge in [-0.25, -0.2) is 4.98 Å². The van der Waals surface area contributed by atoms with Gasteiger partial charge in [0.15, 0.2) is 0 Å². The van der Waals surface area contributed by atoms with Gasteiger partial charge in [-0.2, -0.15) is 5.26 Å².